The van der Waals surface area contributed by atoms with Crippen molar-refractivity contribution in [3.63, 3.8) is 0 Å². The summed E-state index contributed by atoms with van der Waals surface area (Å²) in [5.74, 6) is 0.0951. The van der Waals surface area contributed by atoms with Gasteiger partial charge in [-0.15, -0.1) is 0 Å². The molecule has 1 atom stereocenters. The molecule has 1 amide bonds. The first kappa shape index (κ1) is 19.9. The molecule has 6 nitrogen and oxygen atoms in total. The number of carbonyl (C=O) groups excluding carboxylic acids is 1. The van der Waals surface area contributed by atoms with Crippen LogP contribution in [0.3, 0.4) is 0 Å². The van der Waals surface area contributed by atoms with Crippen molar-refractivity contribution in [2.45, 2.75) is 50.9 Å². The van der Waals surface area contributed by atoms with Crippen LogP contribution in [0.2, 0.25) is 0 Å². The number of benzene rings is 1. The van der Waals surface area contributed by atoms with Crippen molar-refractivity contribution in [1.29, 1.82) is 0 Å². The van der Waals surface area contributed by atoms with E-state index in [2.05, 4.69) is 12.1 Å². The molecule has 7 heteroatoms. The summed E-state index contributed by atoms with van der Waals surface area (Å²) in [6, 6.07) is 8.26. The molecule has 0 radical (unpaired) electrons. The second-order valence-corrected chi connectivity index (χ2v) is 10.1. The van der Waals surface area contributed by atoms with E-state index in [-0.39, 0.29) is 11.8 Å². The average Bonchev–Trinajstić information content (AvgIpc) is 3.03. The summed E-state index contributed by atoms with van der Waals surface area (Å²) in [5, 5.41) is 0. The summed E-state index contributed by atoms with van der Waals surface area (Å²) < 4.78 is 29.2. The molecular weight excluding hydrogens is 374 g/mol. The first-order valence-electron chi connectivity index (χ1n) is 10.7. The van der Waals surface area contributed by atoms with Gasteiger partial charge in [0.1, 0.15) is 0 Å². The standard InChI is InChI=1S/C21H31N3O3S/c25-21(20-11-7-9-18-8-3-4-10-19(18)20)22-14-16-24(17-15-22)28(26,27)23-12-5-1-2-6-13-23/h3-4,8,10,20H,1-2,5-7,9,11-17H2. The Bertz CT molecular complexity index is 795. The van der Waals surface area contributed by atoms with Crippen molar-refractivity contribution in [2.24, 2.45) is 0 Å². The second kappa shape index (κ2) is 8.51. The highest BCUT2D eigenvalue weighted by molar-refractivity contribution is 7.86. The van der Waals surface area contributed by atoms with Gasteiger partial charge in [-0.3, -0.25) is 4.79 Å². The summed E-state index contributed by atoms with van der Waals surface area (Å²) in [6.07, 6.45) is 7.08. The second-order valence-electron chi connectivity index (χ2n) is 8.19. The van der Waals surface area contributed by atoms with Gasteiger partial charge in [-0.25, -0.2) is 0 Å². The smallest absolute Gasteiger partial charge is 0.282 e. The molecule has 0 aromatic heterocycles. The quantitative estimate of drug-likeness (QED) is 0.776. The lowest BCUT2D eigenvalue weighted by Crippen LogP contribution is -2.55. The highest BCUT2D eigenvalue weighted by atomic mass is 32.2. The largest absolute Gasteiger partial charge is 0.340 e. The van der Waals surface area contributed by atoms with E-state index < -0.39 is 10.2 Å². The molecule has 1 aromatic rings. The summed E-state index contributed by atoms with van der Waals surface area (Å²) in [4.78, 5) is 15.0. The third kappa shape index (κ3) is 3.98. The Hall–Kier alpha value is -1.44. The zero-order valence-corrected chi connectivity index (χ0v) is 17.4. The van der Waals surface area contributed by atoms with E-state index in [4.69, 9.17) is 0 Å². The van der Waals surface area contributed by atoms with Gasteiger partial charge in [0.05, 0.1) is 5.92 Å². The molecule has 154 valence electrons. The fourth-order valence-corrected chi connectivity index (χ4v) is 6.48. The number of hydrogen-bond donors (Lipinski definition) is 0. The Balaban J connectivity index is 1.40. The SMILES string of the molecule is O=C(C1CCCc2ccccc21)N1CCN(S(=O)(=O)N2CCCCCC2)CC1. The van der Waals surface area contributed by atoms with E-state index in [1.807, 2.05) is 17.0 Å². The summed E-state index contributed by atoms with van der Waals surface area (Å²) in [6.45, 7) is 3.04. The van der Waals surface area contributed by atoms with Crippen molar-refractivity contribution in [3.8, 4) is 0 Å². The lowest BCUT2D eigenvalue weighted by atomic mass is 9.82. The average molecular weight is 406 g/mol. The van der Waals surface area contributed by atoms with Crippen molar-refractivity contribution >= 4 is 16.1 Å². The van der Waals surface area contributed by atoms with E-state index in [0.29, 0.717) is 39.3 Å². The Kier molecular flexibility index (Phi) is 6.04. The van der Waals surface area contributed by atoms with Gasteiger partial charge in [-0.05, 0) is 43.2 Å². The minimum absolute atomic E-state index is 0.0706. The summed E-state index contributed by atoms with van der Waals surface area (Å²) in [7, 11) is -3.40. The van der Waals surface area contributed by atoms with Crippen LogP contribution in [0.15, 0.2) is 24.3 Å². The molecule has 4 rings (SSSR count). The number of piperazine rings is 1. The predicted molar refractivity (Wildman–Crippen MR) is 109 cm³/mol. The Labute approximate surface area is 168 Å². The van der Waals surface area contributed by atoms with E-state index >= 15 is 0 Å². The molecule has 2 heterocycles. The Morgan fingerprint density at radius 3 is 2.18 bits per heavy atom. The molecule has 3 aliphatic rings. The van der Waals surface area contributed by atoms with Crippen molar-refractivity contribution in [2.75, 3.05) is 39.3 Å². The lowest BCUT2D eigenvalue weighted by molar-refractivity contribution is -0.134. The number of rotatable bonds is 3. The molecule has 2 saturated heterocycles. The van der Waals surface area contributed by atoms with Crippen LogP contribution in [0.4, 0.5) is 0 Å². The molecule has 28 heavy (non-hydrogen) atoms. The van der Waals surface area contributed by atoms with Crippen LogP contribution in [0.5, 0.6) is 0 Å². The number of fused-ring (bicyclic) bond motifs is 1. The van der Waals surface area contributed by atoms with E-state index in [1.54, 1.807) is 8.61 Å². The molecule has 2 aliphatic heterocycles. The molecule has 0 spiro atoms. The van der Waals surface area contributed by atoms with Crippen molar-refractivity contribution in [3.05, 3.63) is 35.4 Å². The minimum Gasteiger partial charge on any atom is -0.340 e. The first-order chi connectivity index (χ1) is 13.6. The number of amides is 1. The molecule has 0 saturated carbocycles. The molecule has 0 N–H and O–H groups in total. The van der Waals surface area contributed by atoms with Gasteiger partial charge >= 0.3 is 0 Å². The number of aryl methyl sites for hydroxylation is 1. The van der Waals surface area contributed by atoms with Gasteiger partial charge < -0.3 is 4.90 Å². The predicted octanol–water partition coefficient (Wildman–Crippen LogP) is 2.37. The van der Waals surface area contributed by atoms with E-state index in [9.17, 15) is 13.2 Å². The Morgan fingerprint density at radius 2 is 1.46 bits per heavy atom. The highest BCUT2D eigenvalue weighted by Crippen LogP contribution is 2.33. The maximum Gasteiger partial charge on any atom is 0.282 e. The van der Waals surface area contributed by atoms with Crippen LogP contribution in [-0.2, 0) is 21.4 Å². The number of hydrogen-bond acceptors (Lipinski definition) is 3. The van der Waals surface area contributed by atoms with Crippen LogP contribution < -0.4 is 0 Å². The van der Waals surface area contributed by atoms with Gasteiger partial charge in [0.15, 0.2) is 0 Å². The van der Waals surface area contributed by atoms with Gasteiger partial charge in [0.25, 0.3) is 10.2 Å². The normalized spacial score (nSPS) is 25.1. The van der Waals surface area contributed by atoms with E-state index in [1.165, 1.54) is 11.1 Å². The fourth-order valence-electron chi connectivity index (χ4n) is 4.81. The molecule has 1 aromatic carbocycles. The van der Waals surface area contributed by atoms with Crippen molar-refractivity contribution < 1.29 is 13.2 Å². The van der Waals surface area contributed by atoms with Crippen LogP contribution in [0.25, 0.3) is 0 Å². The third-order valence-electron chi connectivity index (χ3n) is 6.44. The molecule has 1 aliphatic carbocycles. The van der Waals surface area contributed by atoms with Gasteiger partial charge in [0, 0.05) is 39.3 Å². The van der Waals surface area contributed by atoms with Crippen LogP contribution in [0.1, 0.15) is 55.6 Å². The van der Waals surface area contributed by atoms with Crippen LogP contribution >= 0.6 is 0 Å². The maximum atomic E-state index is 13.2. The maximum absolute atomic E-state index is 13.2. The molecule has 0 bridgehead atoms. The van der Waals surface area contributed by atoms with Crippen molar-refractivity contribution in [1.82, 2.24) is 13.5 Å². The monoisotopic (exact) mass is 405 g/mol. The zero-order valence-electron chi connectivity index (χ0n) is 16.6. The third-order valence-corrected chi connectivity index (χ3v) is 8.47. The minimum atomic E-state index is -3.40. The zero-order chi connectivity index (χ0) is 19.6. The van der Waals surface area contributed by atoms with Crippen LogP contribution in [-0.4, -0.2) is 67.1 Å². The molecule has 1 unspecified atom stereocenters. The summed E-state index contributed by atoms with van der Waals surface area (Å²) >= 11 is 0. The van der Waals surface area contributed by atoms with Gasteiger partial charge in [-0.2, -0.15) is 17.0 Å². The highest BCUT2D eigenvalue weighted by Gasteiger charge is 2.36. The fraction of sp³-hybridized carbons (Fsp3) is 0.667. The van der Waals surface area contributed by atoms with Crippen LogP contribution in [0, 0.1) is 0 Å². The van der Waals surface area contributed by atoms with Gasteiger partial charge in [0.2, 0.25) is 5.91 Å². The lowest BCUT2D eigenvalue weighted by Gasteiger charge is -2.38. The Morgan fingerprint density at radius 1 is 0.821 bits per heavy atom. The molecule has 2 fully saturated rings. The van der Waals surface area contributed by atoms with E-state index in [0.717, 1.165) is 44.9 Å². The first-order valence-corrected chi connectivity index (χ1v) is 12.1. The molecular formula is C21H31N3O3S. The topological polar surface area (TPSA) is 60.9 Å². The number of nitrogens with zero attached hydrogens (tertiary/aromatic N) is 3. The summed E-state index contributed by atoms with van der Waals surface area (Å²) in [5.41, 5.74) is 2.45. The number of carbonyl (C=O) groups is 1. The van der Waals surface area contributed by atoms with Gasteiger partial charge in [-0.1, -0.05) is 37.1 Å².